The highest BCUT2D eigenvalue weighted by Gasteiger charge is 1.79. The highest BCUT2D eigenvalue weighted by Crippen LogP contribution is 1.80. The summed E-state index contributed by atoms with van der Waals surface area (Å²) >= 11 is 0. The van der Waals surface area contributed by atoms with Gasteiger partial charge in [0.1, 0.15) is 0 Å². The largest absolute Gasteiger partial charge is 0.387 e. The first-order valence-electron chi connectivity index (χ1n) is 2.68. The third-order valence-corrected chi connectivity index (χ3v) is 0.878. The molecule has 0 aromatic carbocycles. The summed E-state index contributed by atoms with van der Waals surface area (Å²) in [6.45, 7) is 5.12. The zero-order chi connectivity index (χ0) is 7.11. The van der Waals surface area contributed by atoms with E-state index < -0.39 is 0 Å². The monoisotopic (exact) mass is 125 g/mol. The van der Waals surface area contributed by atoms with Crippen LogP contribution in [0.25, 0.3) is 0 Å². The van der Waals surface area contributed by atoms with Crippen LogP contribution in [0.2, 0.25) is 0 Å². The van der Waals surface area contributed by atoms with Crippen LogP contribution < -0.4 is 5.32 Å². The van der Waals surface area contributed by atoms with E-state index in [2.05, 4.69) is 22.2 Å². The molecule has 0 spiro atoms. The Kier molecular flexibility index (Phi) is 4.40. The lowest BCUT2D eigenvalue weighted by Gasteiger charge is -1.93. The first kappa shape index (κ1) is 7.88. The zero-order valence-corrected chi connectivity index (χ0v) is 5.76. The topological polar surface area (TPSA) is 36.8 Å². The number of hydrogen-bond donors (Lipinski definition) is 1. The minimum atomic E-state index is 0.933. The first-order chi connectivity index (χ1) is 4.35. The van der Waals surface area contributed by atoms with Crippen LogP contribution in [-0.4, -0.2) is 20.0 Å². The quantitative estimate of drug-likeness (QED) is 0.439. The van der Waals surface area contributed by atoms with Crippen LogP contribution in [-0.2, 0) is 0 Å². The molecule has 0 aliphatic heterocycles. The molecule has 0 heterocycles. The van der Waals surface area contributed by atoms with Gasteiger partial charge in [-0.05, 0) is 6.92 Å². The van der Waals surface area contributed by atoms with Gasteiger partial charge >= 0.3 is 0 Å². The normalized spacial score (nSPS) is 12.0. The van der Waals surface area contributed by atoms with E-state index in [1.54, 1.807) is 6.21 Å². The van der Waals surface area contributed by atoms with Crippen molar-refractivity contribution in [2.75, 3.05) is 7.05 Å². The average Bonchev–Trinajstić information content (AvgIpc) is 1.91. The molecule has 0 amide bonds. The number of nitrogens with one attached hydrogen (secondary N) is 1. The summed E-state index contributed by atoms with van der Waals surface area (Å²) in [5, 5.41) is 9.79. The molecule has 0 unspecified atom stereocenters. The molecular formula is C6H11N3. The molecule has 0 rings (SSSR count). The molecule has 0 aliphatic carbocycles. The number of allylic oxidation sites excluding steroid dienone is 2. The third-order valence-electron chi connectivity index (χ3n) is 0.878. The molecule has 3 nitrogen and oxygen atoms in total. The van der Waals surface area contributed by atoms with E-state index in [9.17, 15) is 0 Å². The van der Waals surface area contributed by atoms with Crippen molar-refractivity contribution in [3.63, 3.8) is 0 Å². The van der Waals surface area contributed by atoms with Gasteiger partial charge in [0.2, 0.25) is 0 Å². The standard InChI is InChI=1S/C6H11N3/c1-4-6(7-2)5-9-8-3/h4-5,7H,3H2,1-2H3/b6-4+,9-5-. The summed E-state index contributed by atoms with van der Waals surface area (Å²) in [5.41, 5.74) is 0.933. The molecule has 0 aromatic rings. The van der Waals surface area contributed by atoms with Crippen LogP contribution in [0.15, 0.2) is 22.0 Å². The van der Waals surface area contributed by atoms with Crippen LogP contribution in [0.3, 0.4) is 0 Å². The summed E-state index contributed by atoms with van der Waals surface area (Å²) in [6, 6.07) is 0. The van der Waals surface area contributed by atoms with E-state index in [1.807, 2.05) is 20.0 Å². The predicted molar refractivity (Wildman–Crippen MR) is 40.9 cm³/mol. The van der Waals surface area contributed by atoms with Gasteiger partial charge in [0, 0.05) is 19.5 Å². The molecule has 50 valence electrons. The molecule has 1 N–H and O–H groups in total. The van der Waals surface area contributed by atoms with Crippen molar-refractivity contribution in [1.29, 1.82) is 0 Å². The summed E-state index contributed by atoms with van der Waals surface area (Å²) in [7, 11) is 1.82. The Balaban J connectivity index is 3.84. The lowest BCUT2D eigenvalue weighted by molar-refractivity contribution is 1.05. The van der Waals surface area contributed by atoms with Gasteiger partial charge in [-0.3, -0.25) is 0 Å². The second-order valence-electron chi connectivity index (χ2n) is 1.38. The maximum Gasteiger partial charge on any atom is 0.0723 e. The van der Waals surface area contributed by atoms with Crippen molar-refractivity contribution in [1.82, 2.24) is 5.32 Å². The second kappa shape index (κ2) is 5.03. The van der Waals surface area contributed by atoms with E-state index in [0.717, 1.165) is 5.70 Å². The van der Waals surface area contributed by atoms with E-state index in [4.69, 9.17) is 0 Å². The summed E-state index contributed by atoms with van der Waals surface area (Å²) < 4.78 is 0. The number of hydrogen-bond acceptors (Lipinski definition) is 3. The van der Waals surface area contributed by atoms with Crippen molar-refractivity contribution in [2.45, 2.75) is 6.92 Å². The minimum Gasteiger partial charge on any atom is -0.387 e. The van der Waals surface area contributed by atoms with Gasteiger partial charge in [-0.2, -0.15) is 10.2 Å². The van der Waals surface area contributed by atoms with E-state index in [1.165, 1.54) is 0 Å². The smallest absolute Gasteiger partial charge is 0.0723 e. The Morgan fingerprint density at radius 2 is 2.33 bits per heavy atom. The fraction of sp³-hybridized carbons (Fsp3) is 0.333. The summed E-state index contributed by atoms with van der Waals surface area (Å²) in [6.07, 6.45) is 3.50. The van der Waals surface area contributed by atoms with Gasteiger partial charge < -0.3 is 5.32 Å². The third kappa shape index (κ3) is 3.46. The van der Waals surface area contributed by atoms with Gasteiger partial charge in [0.15, 0.2) is 0 Å². The van der Waals surface area contributed by atoms with E-state index in [-0.39, 0.29) is 0 Å². The summed E-state index contributed by atoms with van der Waals surface area (Å²) in [5.74, 6) is 0. The minimum absolute atomic E-state index is 0.933. The average molecular weight is 125 g/mol. The molecule has 3 heteroatoms. The molecule has 0 aliphatic rings. The number of rotatable bonds is 3. The van der Waals surface area contributed by atoms with Crippen molar-refractivity contribution < 1.29 is 0 Å². The molecule has 9 heavy (non-hydrogen) atoms. The van der Waals surface area contributed by atoms with Crippen molar-refractivity contribution in [3.8, 4) is 0 Å². The summed E-state index contributed by atoms with van der Waals surface area (Å²) in [4.78, 5) is 0. The molecule has 0 saturated heterocycles. The Morgan fingerprint density at radius 1 is 1.67 bits per heavy atom. The van der Waals surface area contributed by atoms with Crippen molar-refractivity contribution in [3.05, 3.63) is 11.8 Å². The van der Waals surface area contributed by atoms with Crippen LogP contribution in [0.5, 0.6) is 0 Å². The fourth-order valence-corrected chi connectivity index (χ4v) is 0.386. The van der Waals surface area contributed by atoms with Gasteiger partial charge in [-0.25, -0.2) is 0 Å². The Hall–Kier alpha value is -1.12. The van der Waals surface area contributed by atoms with Gasteiger partial charge in [0.25, 0.3) is 0 Å². The molecule has 0 atom stereocenters. The Morgan fingerprint density at radius 3 is 2.67 bits per heavy atom. The lowest BCUT2D eigenvalue weighted by atomic mass is 10.4. The van der Waals surface area contributed by atoms with Gasteiger partial charge in [-0.15, -0.1) is 0 Å². The lowest BCUT2D eigenvalue weighted by Crippen LogP contribution is -2.05. The number of nitrogens with zero attached hydrogens (tertiary/aromatic N) is 2. The van der Waals surface area contributed by atoms with E-state index >= 15 is 0 Å². The second-order valence-corrected chi connectivity index (χ2v) is 1.38. The van der Waals surface area contributed by atoms with Crippen molar-refractivity contribution in [2.24, 2.45) is 10.2 Å². The molecule has 0 fully saturated rings. The maximum absolute atomic E-state index is 3.57. The molecule has 0 bridgehead atoms. The van der Waals surface area contributed by atoms with E-state index in [0.29, 0.717) is 0 Å². The maximum atomic E-state index is 3.57. The van der Waals surface area contributed by atoms with Gasteiger partial charge in [0.05, 0.1) is 6.21 Å². The highest BCUT2D eigenvalue weighted by molar-refractivity contribution is 5.77. The SMILES string of the molecule is C=N/N=C\C(=C/C)NC. The van der Waals surface area contributed by atoms with Crippen LogP contribution in [0.1, 0.15) is 6.92 Å². The highest BCUT2D eigenvalue weighted by atomic mass is 15.2. The van der Waals surface area contributed by atoms with Crippen LogP contribution in [0.4, 0.5) is 0 Å². The van der Waals surface area contributed by atoms with Crippen LogP contribution in [0, 0.1) is 0 Å². The fourth-order valence-electron chi connectivity index (χ4n) is 0.386. The Bertz CT molecular complexity index is 135. The molecular weight excluding hydrogens is 114 g/mol. The molecule has 0 saturated carbocycles. The Labute approximate surface area is 55.2 Å². The zero-order valence-electron chi connectivity index (χ0n) is 5.76. The van der Waals surface area contributed by atoms with Crippen molar-refractivity contribution >= 4 is 12.9 Å². The molecule has 0 aromatic heterocycles. The first-order valence-corrected chi connectivity index (χ1v) is 2.68. The predicted octanol–water partition coefficient (Wildman–Crippen LogP) is 0.796. The molecule has 0 radical (unpaired) electrons. The van der Waals surface area contributed by atoms with Gasteiger partial charge in [-0.1, -0.05) is 6.08 Å². The van der Waals surface area contributed by atoms with Crippen LogP contribution >= 0.6 is 0 Å².